The highest BCUT2D eigenvalue weighted by Gasteiger charge is 2.12. The second kappa shape index (κ2) is 7.75. The van der Waals surface area contributed by atoms with Crippen LogP contribution in [-0.2, 0) is 6.42 Å². The van der Waals surface area contributed by atoms with Crippen LogP contribution in [0.25, 0.3) is 0 Å². The van der Waals surface area contributed by atoms with Gasteiger partial charge >= 0.3 is 0 Å². The highest BCUT2D eigenvalue weighted by atomic mass is 16.5. The molecular formula is C12H21N3O3. The van der Waals surface area contributed by atoms with Crippen molar-refractivity contribution in [2.24, 2.45) is 5.84 Å². The first kappa shape index (κ1) is 14.6. The van der Waals surface area contributed by atoms with Gasteiger partial charge in [0, 0.05) is 6.54 Å². The first-order chi connectivity index (χ1) is 8.76. The van der Waals surface area contributed by atoms with E-state index in [0.29, 0.717) is 23.9 Å². The summed E-state index contributed by atoms with van der Waals surface area (Å²) >= 11 is 0. The molecule has 0 aromatic heterocycles. The number of hydrogen-bond acceptors (Lipinski definition) is 6. The maximum absolute atomic E-state index is 5.29. The van der Waals surface area contributed by atoms with E-state index in [9.17, 15) is 0 Å². The summed E-state index contributed by atoms with van der Waals surface area (Å²) in [6, 6.07) is 3.89. The van der Waals surface area contributed by atoms with Crippen molar-refractivity contribution in [2.45, 2.75) is 6.42 Å². The molecule has 0 fully saturated rings. The average molecular weight is 255 g/mol. The summed E-state index contributed by atoms with van der Waals surface area (Å²) in [5.41, 5.74) is 3.64. The fourth-order valence-corrected chi connectivity index (χ4v) is 1.67. The molecule has 0 amide bonds. The molecule has 0 unspecified atom stereocenters. The summed E-state index contributed by atoms with van der Waals surface area (Å²) in [4.78, 5) is 0. The maximum Gasteiger partial charge on any atom is 0.203 e. The molecule has 0 bridgehead atoms. The molecule has 1 aromatic carbocycles. The third-order valence-corrected chi connectivity index (χ3v) is 2.54. The summed E-state index contributed by atoms with van der Waals surface area (Å²) in [6.45, 7) is 1.38. The highest BCUT2D eigenvalue weighted by Crippen LogP contribution is 2.38. The summed E-state index contributed by atoms with van der Waals surface area (Å²) in [5.74, 6) is 7.12. The maximum atomic E-state index is 5.29. The summed E-state index contributed by atoms with van der Waals surface area (Å²) in [5, 5.41) is 3.14. The molecule has 18 heavy (non-hydrogen) atoms. The number of hydrogen-bond donors (Lipinski definition) is 3. The fraction of sp³-hybridized carbons (Fsp3) is 0.500. The van der Waals surface area contributed by atoms with Crippen molar-refractivity contribution in [1.82, 2.24) is 10.7 Å². The minimum Gasteiger partial charge on any atom is -0.493 e. The van der Waals surface area contributed by atoms with E-state index < -0.39 is 0 Å². The van der Waals surface area contributed by atoms with Crippen molar-refractivity contribution in [1.29, 1.82) is 0 Å². The molecule has 0 heterocycles. The van der Waals surface area contributed by atoms with E-state index in [1.54, 1.807) is 21.3 Å². The van der Waals surface area contributed by atoms with E-state index in [4.69, 9.17) is 20.1 Å². The molecule has 0 spiro atoms. The molecule has 0 aliphatic heterocycles. The highest BCUT2D eigenvalue weighted by molar-refractivity contribution is 5.53. The van der Waals surface area contributed by atoms with Crippen LogP contribution < -0.4 is 30.8 Å². The largest absolute Gasteiger partial charge is 0.493 e. The molecule has 1 rings (SSSR count). The van der Waals surface area contributed by atoms with Gasteiger partial charge < -0.3 is 19.5 Å². The molecule has 0 atom stereocenters. The molecule has 0 radical (unpaired) electrons. The van der Waals surface area contributed by atoms with Crippen LogP contribution in [0.4, 0.5) is 0 Å². The Bertz CT molecular complexity index is 347. The Morgan fingerprint density at radius 3 is 2.11 bits per heavy atom. The Morgan fingerprint density at radius 2 is 1.67 bits per heavy atom. The molecular weight excluding hydrogens is 234 g/mol. The smallest absolute Gasteiger partial charge is 0.203 e. The van der Waals surface area contributed by atoms with Gasteiger partial charge in [0.1, 0.15) is 0 Å². The van der Waals surface area contributed by atoms with Gasteiger partial charge in [-0.1, -0.05) is 0 Å². The molecule has 0 saturated carbocycles. The van der Waals surface area contributed by atoms with Crippen molar-refractivity contribution in [3.8, 4) is 17.2 Å². The van der Waals surface area contributed by atoms with Crippen molar-refractivity contribution >= 4 is 0 Å². The van der Waals surface area contributed by atoms with Gasteiger partial charge in [-0.2, -0.15) is 0 Å². The second-order valence-corrected chi connectivity index (χ2v) is 3.66. The standard InChI is InChI=1S/C12H21N3O3/c1-16-10-6-9(4-5-14-8-15-13)7-11(17-2)12(10)18-3/h6-7,14-15H,4-5,8,13H2,1-3H3. The number of ether oxygens (including phenoxy) is 3. The number of rotatable bonds is 8. The number of hydrazine groups is 1. The lowest BCUT2D eigenvalue weighted by atomic mass is 10.1. The Hall–Kier alpha value is -1.50. The lowest BCUT2D eigenvalue weighted by molar-refractivity contribution is 0.323. The minimum absolute atomic E-state index is 0.574. The molecule has 4 N–H and O–H groups in total. The second-order valence-electron chi connectivity index (χ2n) is 3.66. The van der Waals surface area contributed by atoms with E-state index >= 15 is 0 Å². The van der Waals surface area contributed by atoms with Crippen LogP contribution in [0.1, 0.15) is 5.56 Å². The van der Waals surface area contributed by atoms with Crippen LogP contribution in [0, 0.1) is 0 Å². The van der Waals surface area contributed by atoms with Gasteiger partial charge in [0.05, 0.1) is 28.0 Å². The minimum atomic E-state index is 0.574. The van der Waals surface area contributed by atoms with E-state index in [0.717, 1.165) is 18.5 Å². The Kier molecular flexibility index (Phi) is 6.27. The number of methoxy groups -OCH3 is 3. The zero-order valence-corrected chi connectivity index (χ0v) is 11.1. The zero-order chi connectivity index (χ0) is 13.4. The van der Waals surface area contributed by atoms with Gasteiger partial charge in [-0.05, 0) is 24.1 Å². The molecule has 1 aromatic rings. The van der Waals surface area contributed by atoms with Crippen molar-refractivity contribution in [3.63, 3.8) is 0 Å². The quantitative estimate of drug-likeness (QED) is 0.268. The van der Waals surface area contributed by atoms with Crippen LogP contribution in [0.3, 0.4) is 0 Å². The first-order valence-electron chi connectivity index (χ1n) is 5.69. The van der Waals surface area contributed by atoms with E-state index in [1.165, 1.54) is 0 Å². The number of nitrogens with one attached hydrogen (secondary N) is 2. The normalized spacial score (nSPS) is 10.2. The Balaban J connectivity index is 2.80. The summed E-state index contributed by atoms with van der Waals surface area (Å²) in [7, 11) is 4.81. The molecule has 0 saturated heterocycles. The predicted octanol–water partition coefficient (Wildman–Crippen LogP) is 0.265. The van der Waals surface area contributed by atoms with Crippen LogP contribution in [0.15, 0.2) is 12.1 Å². The van der Waals surface area contributed by atoms with Crippen molar-refractivity contribution in [3.05, 3.63) is 17.7 Å². The van der Waals surface area contributed by atoms with Gasteiger partial charge in [-0.25, -0.2) is 5.43 Å². The lowest BCUT2D eigenvalue weighted by Gasteiger charge is -2.14. The SMILES string of the molecule is COc1cc(CCNCNN)cc(OC)c1OC. The third-order valence-electron chi connectivity index (χ3n) is 2.54. The number of nitrogens with two attached hydrogens (primary N) is 1. The summed E-state index contributed by atoms with van der Waals surface area (Å²) < 4.78 is 15.8. The first-order valence-corrected chi connectivity index (χ1v) is 5.69. The molecule has 6 heteroatoms. The van der Waals surface area contributed by atoms with Gasteiger partial charge in [0.25, 0.3) is 0 Å². The predicted molar refractivity (Wildman–Crippen MR) is 70.0 cm³/mol. The fourth-order valence-electron chi connectivity index (χ4n) is 1.67. The van der Waals surface area contributed by atoms with Crippen LogP contribution in [0.2, 0.25) is 0 Å². The average Bonchev–Trinajstić information content (AvgIpc) is 2.42. The zero-order valence-electron chi connectivity index (χ0n) is 11.1. The third kappa shape index (κ3) is 3.76. The van der Waals surface area contributed by atoms with Gasteiger partial charge in [-0.3, -0.25) is 5.84 Å². The Labute approximate surface area is 107 Å². The van der Waals surface area contributed by atoms with Crippen molar-refractivity contribution in [2.75, 3.05) is 34.5 Å². The van der Waals surface area contributed by atoms with E-state index in [2.05, 4.69) is 10.7 Å². The van der Waals surface area contributed by atoms with Gasteiger partial charge in [-0.15, -0.1) is 0 Å². The van der Waals surface area contributed by atoms with Crippen LogP contribution >= 0.6 is 0 Å². The van der Waals surface area contributed by atoms with Gasteiger partial charge in [0.2, 0.25) is 5.75 Å². The Morgan fingerprint density at radius 1 is 1.06 bits per heavy atom. The van der Waals surface area contributed by atoms with Gasteiger partial charge in [0.15, 0.2) is 11.5 Å². The van der Waals surface area contributed by atoms with E-state index in [-0.39, 0.29) is 0 Å². The van der Waals surface area contributed by atoms with Crippen LogP contribution in [0.5, 0.6) is 17.2 Å². The van der Waals surface area contributed by atoms with E-state index in [1.807, 2.05) is 12.1 Å². The molecule has 0 aliphatic rings. The van der Waals surface area contributed by atoms with Crippen LogP contribution in [-0.4, -0.2) is 34.5 Å². The number of benzene rings is 1. The topological polar surface area (TPSA) is 77.8 Å². The summed E-state index contributed by atoms with van der Waals surface area (Å²) in [6.07, 6.45) is 0.846. The lowest BCUT2D eigenvalue weighted by Crippen LogP contribution is -2.34. The van der Waals surface area contributed by atoms with Crippen molar-refractivity contribution < 1.29 is 14.2 Å². The molecule has 0 aliphatic carbocycles. The molecule has 6 nitrogen and oxygen atoms in total. The molecule has 102 valence electrons. The monoisotopic (exact) mass is 255 g/mol.